The highest BCUT2D eigenvalue weighted by Gasteiger charge is 2.24. The fraction of sp³-hybridized carbons (Fsp3) is 0.500. The maximum atomic E-state index is 5.92. The molecule has 2 nitrogen and oxygen atoms in total. The Kier molecular flexibility index (Phi) is 5.09. The molecule has 1 aliphatic carbocycles. The van der Waals surface area contributed by atoms with Crippen LogP contribution in [0.3, 0.4) is 0 Å². The zero-order valence-electron chi connectivity index (χ0n) is 8.76. The highest BCUT2D eigenvalue weighted by molar-refractivity contribution is 5.85. The van der Waals surface area contributed by atoms with Gasteiger partial charge in [-0.1, -0.05) is 30.3 Å². The third kappa shape index (κ3) is 3.49. The van der Waals surface area contributed by atoms with Gasteiger partial charge in [-0.05, 0) is 24.8 Å². The highest BCUT2D eigenvalue weighted by atomic mass is 35.5. The molecule has 0 radical (unpaired) electrons. The van der Waals surface area contributed by atoms with Gasteiger partial charge in [-0.15, -0.1) is 12.4 Å². The van der Waals surface area contributed by atoms with Gasteiger partial charge in [-0.3, -0.25) is 0 Å². The van der Waals surface area contributed by atoms with Crippen LogP contribution in [0, 0.1) is 0 Å². The van der Waals surface area contributed by atoms with Crippen LogP contribution in [0.1, 0.15) is 24.8 Å². The first kappa shape index (κ1) is 12.5. The Labute approximate surface area is 97.2 Å². The summed E-state index contributed by atoms with van der Waals surface area (Å²) in [6.07, 6.45) is 3.71. The van der Waals surface area contributed by atoms with Gasteiger partial charge in [-0.2, -0.15) is 0 Å². The summed E-state index contributed by atoms with van der Waals surface area (Å²) in [6, 6.07) is 10.5. The minimum Gasteiger partial charge on any atom is -0.372 e. The molecule has 2 N–H and O–H groups in total. The number of halogens is 1. The van der Waals surface area contributed by atoms with Crippen molar-refractivity contribution in [1.29, 1.82) is 0 Å². The van der Waals surface area contributed by atoms with Gasteiger partial charge in [0.15, 0.2) is 0 Å². The number of nitrogens with two attached hydrogens (primary N) is 1. The first-order valence-corrected chi connectivity index (χ1v) is 5.27. The Morgan fingerprint density at radius 1 is 1.20 bits per heavy atom. The van der Waals surface area contributed by atoms with Crippen LogP contribution in [-0.2, 0) is 11.3 Å². The maximum Gasteiger partial charge on any atom is 0.0730 e. The van der Waals surface area contributed by atoms with E-state index in [9.17, 15) is 0 Å². The van der Waals surface area contributed by atoms with E-state index in [-0.39, 0.29) is 24.6 Å². The van der Waals surface area contributed by atoms with Crippen LogP contribution in [-0.4, -0.2) is 12.1 Å². The van der Waals surface area contributed by atoms with Gasteiger partial charge in [0, 0.05) is 6.04 Å². The van der Waals surface area contributed by atoms with Gasteiger partial charge in [0.1, 0.15) is 0 Å². The molecule has 0 amide bonds. The van der Waals surface area contributed by atoms with Crippen LogP contribution < -0.4 is 5.73 Å². The second kappa shape index (κ2) is 6.11. The standard InChI is InChI=1S/C12H17NO.ClH/c13-11-7-4-8-12(11)14-9-10-5-2-1-3-6-10;/h1-3,5-6,11-12H,4,7-9,13H2;1H/t11-,12+;/m1./s1. The molecule has 2 atom stereocenters. The summed E-state index contributed by atoms with van der Waals surface area (Å²) < 4.78 is 5.78. The topological polar surface area (TPSA) is 35.2 Å². The monoisotopic (exact) mass is 227 g/mol. The number of rotatable bonds is 3. The van der Waals surface area contributed by atoms with Crippen molar-refractivity contribution in [3.63, 3.8) is 0 Å². The van der Waals surface area contributed by atoms with E-state index in [0.29, 0.717) is 6.61 Å². The van der Waals surface area contributed by atoms with E-state index in [4.69, 9.17) is 10.5 Å². The van der Waals surface area contributed by atoms with E-state index < -0.39 is 0 Å². The normalized spacial score (nSPS) is 24.9. The number of ether oxygens (including phenoxy) is 1. The van der Waals surface area contributed by atoms with Gasteiger partial charge >= 0.3 is 0 Å². The van der Waals surface area contributed by atoms with E-state index in [1.54, 1.807) is 0 Å². The second-order valence-corrected chi connectivity index (χ2v) is 3.93. The molecule has 2 rings (SSSR count). The van der Waals surface area contributed by atoms with Crippen LogP contribution >= 0.6 is 12.4 Å². The van der Waals surface area contributed by atoms with Crippen molar-refractivity contribution in [2.75, 3.05) is 0 Å². The first-order valence-electron chi connectivity index (χ1n) is 5.27. The summed E-state index contributed by atoms with van der Waals surface area (Å²) in [7, 11) is 0. The van der Waals surface area contributed by atoms with Gasteiger partial charge in [0.05, 0.1) is 12.7 Å². The molecule has 0 heterocycles. The van der Waals surface area contributed by atoms with Gasteiger partial charge in [0.2, 0.25) is 0 Å². The SMILES string of the molecule is Cl.N[C@@H]1CCC[C@@H]1OCc1ccccc1. The quantitative estimate of drug-likeness (QED) is 0.861. The zero-order chi connectivity index (χ0) is 9.80. The lowest BCUT2D eigenvalue weighted by atomic mass is 10.2. The lowest BCUT2D eigenvalue weighted by Crippen LogP contribution is -2.31. The largest absolute Gasteiger partial charge is 0.372 e. The summed E-state index contributed by atoms with van der Waals surface area (Å²) in [5, 5.41) is 0. The molecule has 84 valence electrons. The van der Waals surface area contributed by atoms with Crippen molar-refractivity contribution in [3.05, 3.63) is 35.9 Å². The predicted octanol–water partition coefficient (Wildman–Crippen LogP) is 2.50. The van der Waals surface area contributed by atoms with Crippen molar-refractivity contribution >= 4 is 12.4 Å². The molecular weight excluding hydrogens is 210 g/mol. The maximum absolute atomic E-state index is 5.92. The third-order valence-electron chi connectivity index (χ3n) is 2.81. The van der Waals surface area contributed by atoms with E-state index in [0.717, 1.165) is 12.8 Å². The molecule has 1 aromatic rings. The van der Waals surface area contributed by atoms with Gasteiger partial charge in [0.25, 0.3) is 0 Å². The molecule has 1 aliphatic rings. The second-order valence-electron chi connectivity index (χ2n) is 3.93. The molecule has 0 aliphatic heterocycles. The molecule has 0 aromatic heterocycles. The molecule has 1 aromatic carbocycles. The Hall–Kier alpha value is -0.570. The summed E-state index contributed by atoms with van der Waals surface area (Å²) >= 11 is 0. The van der Waals surface area contributed by atoms with Gasteiger partial charge in [-0.25, -0.2) is 0 Å². The van der Waals surface area contributed by atoms with Crippen LogP contribution in [0.2, 0.25) is 0 Å². The zero-order valence-corrected chi connectivity index (χ0v) is 9.58. The van der Waals surface area contributed by atoms with Crippen molar-refractivity contribution in [3.8, 4) is 0 Å². The Morgan fingerprint density at radius 2 is 1.93 bits per heavy atom. The van der Waals surface area contributed by atoms with Crippen molar-refractivity contribution in [2.24, 2.45) is 5.73 Å². The highest BCUT2D eigenvalue weighted by Crippen LogP contribution is 2.21. The molecule has 1 fully saturated rings. The fourth-order valence-electron chi connectivity index (χ4n) is 1.94. The van der Waals surface area contributed by atoms with E-state index in [2.05, 4.69) is 12.1 Å². The van der Waals surface area contributed by atoms with Gasteiger partial charge < -0.3 is 10.5 Å². The van der Waals surface area contributed by atoms with E-state index >= 15 is 0 Å². The molecular formula is C12H18ClNO. The summed E-state index contributed by atoms with van der Waals surface area (Å²) in [5.74, 6) is 0. The lowest BCUT2D eigenvalue weighted by molar-refractivity contribution is 0.0357. The average Bonchev–Trinajstić information content (AvgIpc) is 2.63. The Morgan fingerprint density at radius 3 is 2.53 bits per heavy atom. The van der Waals surface area contributed by atoms with Crippen LogP contribution in [0.15, 0.2) is 30.3 Å². The van der Waals surface area contributed by atoms with Crippen molar-refractivity contribution in [1.82, 2.24) is 0 Å². The summed E-state index contributed by atoms with van der Waals surface area (Å²) in [6.45, 7) is 0.694. The fourth-order valence-corrected chi connectivity index (χ4v) is 1.94. The lowest BCUT2D eigenvalue weighted by Gasteiger charge is -2.16. The molecule has 3 heteroatoms. The summed E-state index contributed by atoms with van der Waals surface area (Å²) in [5.41, 5.74) is 7.15. The molecule has 0 unspecified atom stereocenters. The van der Waals surface area contributed by atoms with Crippen molar-refractivity contribution in [2.45, 2.75) is 38.0 Å². The predicted molar refractivity (Wildman–Crippen MR) is 64.1 cm³/mol. The molecule has 0 spiro atoms. The summed E-state index contributed by atoms with van der Waals surface area (Å²) in [4.78, 5) is 0. The average molecular weight is 228 g/mol. The third-order valence-corrected chi connectivity index (χ3v) is 2.81. The minimum absolute atomic E-state index is 0. The van der Waals surface area contributed by atoms with Crippen molar-refractivity contribution < 1.29 is 4.74 Å². The number of hydrogen-bond acceptors (Lipinski definition) is 2. The number of hydrogen-bond donors (Lipinski definition) is 1. The first-order chi connectivity index (χ1) is 6.86. The van der Waals surface area contributed by atoms with Crippen LogP contribution in [0.4, 0.5) is 0 Å². The molecule has 0 saturated heterocycles. The Balaban J connectivity index is 0.00000112. The minimum atomic E-state index is 0. The molecule has 1 saturated carbocycles. The van der Waals surface area contributed by atoms with E-state index in [1.807, 2.05) is 18.2 Å². The van der Waals surface area contributed by atoms with Crippen LogP contribution in [0.25, 0.3) is 0 Å². The van der Waals surface area contributed by atoms with E-state index in [1.165, 1.54) is 12.0 Å². The Bertz CT molecular complexity index is 278. The number of benzene rings is 1. The van der Waals surface area contributed by atoms with Crippen LogP contribution in [0.5, 0.6) is 0 Å². The smallest absolute Gasteiger partial charge is 0.0730 e. The molecule has 15 heavy (non-hydrogen) atoms. The molecule has 0 bridgehead atoms.